The Labute approximate surface area is 89.7 Å². The third kappa shape index (κ3) is 3.44. The van der Waals surface area contributed by atoms with E-state index in [-0.39, 0.29) is 30.6 Å². The maximum absolute atomic E-state index is 11.4. The predicted molar refractivity (Wildman–Crippen MR) is 56.0 cm³/mol. The molecule has 1 saturated carbocycles. The normalized spacial score (nSPS) is 33.5. The maximum atomic E-state index is 11.4. The van der Waals surface area contributed by atoms with Crippen LogP contribution in [0.4, 0.5) is 0 Å². The Morgan fingerprint density at radius 3 is 2.80 bits per heavy atom. The van der Waals surface area contributed by atoms with Crippen LogP contribution >= 0.6 is 0 Å². The summed E-state index contributed by atoms with van der Waals surface area (Å²) >= 11 is 0. The molecule has 0 heterocycles. The highest BCUT2D eigenvalue weighted by molar-refractivity contribution is 5.81. The summed E-state index contributed by atoms with van der Waals surface area (Å²) in [5.74, 6) is -0.111. The minimum absolute atomic E-state index is 0.0773. The number of rotatable bonds is 3. The lowest BCUT2D eigenvalue weighted by Crippen LogP contribution is -2.49. The van der Waals surface area contributed by atoms with E-state index in [1.54, 1.807) is 0 Å². The molecule has 15 heavy (non-hydrogen) atoms. The number of nitrogens with two attached hydrogens (primary N) is 1. The van der Waals surface area contributed by atoms with Crippen molar-refractivity contribution in [2.45, 2.75) is 44.4 Å². The van der Waals surface area contributed by atoms with Crippen molar-refractivity contribution in [3.05, 3.63) is 0 Å². The summed E-state index contributed by atoms with van der Waals surface area (Å²) in [6.45, 7) is 1.63. The van der Waals surface area contributed by atoms with Gasteiger partial charge in [-0.3, -0.25) is 4.79 Å². The van der Waals surface area contributed by atoms with E-state index in [0.717, 1.165) is 12.8 Å². The van der Waals surface area contributed by atoms with Gasteiger partial charge in [0, 0.05) is 6.04 Å². The van der Waals surface area contributed by atoms with E-state index in [1.807, 2.05) is 6.92 Å². The Morgan fingerprint density at radius 2 is 2.27 bits per heavy atom. The van der Waals surface area contributed by atoms with Crippen molar-refractivity contribution in [3.8, 4) is 0 Å². The first-order valence-electron chi connectivity index (χ1n) is 5.39. The Balaban J connectivity index is 2.36. The van der Waals surface area contributed by atoms with E-state index < -0.39 is 6.04 Å². The number of carbonyl (C=O) groups excluding carboxylic acids is 1. The maximum Gasteiger partial charge on any atom is 0.239 e. The van der Waals surface area contributed by atoms with Gasteiger partial charge in [-0.15, -0.1) is 0 Å². The van der Waals surface area contributed by atoms with Gasteiger partial charge in [-0.25, -0.2) is 0 Å². The molecule has 1 fully saturated rings. The molecule has 1 amide bonds. The van der Waals surface area contributed by atoms with Gasteiger partial charge in [-0.1, -0.05) is 6.92 Å². The van der Waals surface area contributed by atoms with Crippen molar-refractivity contribution in [1.82, 2.24) is 5.32 Å². The third-order valence-corrected chi connectivity index (χ3v) is 3.00. The first kappa shape index (κ1) is 12.4. The zero-order valence-corrected chi connectivity index (χ0v) is 9.02. The molecule has 1 rings (SSSR count). The summed E-state index contributed by atoms with van der Waals surface area (Å²) in [5.41, 5.74) is 5.38. The first-order chi connectivity index (χ1) is 7.04. The van der Waals surface area contributed by atoms with Crippen LogP contribution in [0.1, 0.15) is 26.2 Å². The highest BCUT2D eigenvalue weighted by Crippen LogP contribution is 2.24. The molecule has 1 aliphatic carbocycles. The quantitative estimate of drug-likeness (QED) is 0.485. The number of aliphatic hydroxyl groups excluding tert-OH is 2. The molecule has 0 aromatic carbocycles. The van der Waals surface area contributed by atoms with Gasteiger partial charge in [-0.2, -0.15) is 0 Å². The molecule has 1 aliphatic rings. The van der Waals surface area contributed by atoms with Gasteiger partial charge in [0.1, 0.15) is 6.04 Å². The van der Waals surface area contributed by atoms with Gasteiger partial charge in [0.25, 0.3) is 0 Å². The third-order valence-electron chi connectivity index (χ3n) is 3.00. The SMILES string of the molecule is CC1C[C@H](NC(=O)[C@H](N)CO)CC[C@@H]1O. The summed E-state index contributed by atoms with van der Waals surface area (Å²) < 4.78 is 0. The molecule has 0 radical (unpaired) electrons. The molecule has 5 N–H and O–H groups in total. The molecule has 0 aliphatic heterocycles. The number of aliphatic hydroxyl groups is 2. The van der Waals surface area contributed by atoms with E-state index >= 15 is 0 Å². The van der Waals surface area contributed by atoms with Crippen molar-refractivity contribution in [3.63, 3.8) is 0 Å². The summed E-state index contributed by atoms with van der Waals surface area (Å²) in [6, 6.07) is -0.763. The molecule has 0 aromatic heterocycles. The summed E-state index contributed by atoms with van der Waals surface area (Å²) in [4.78, 5) is 11.4. The van der Waals surface area contributed by atoms with Crippen LogP contribution in [0.3, 0.4) is 0 Å². The summed E-state index contributed by atoms with van der Waals surface area (Å²) in [5, 5.41) is 21.0. The lowest BCUT2D eigenvalue weighted by Gasteiger charge is -2.32. The molecule has 0 bridgehead atoms. The van der Waals surface area contributed by atoms with Crippen LogP contribution in [-0.2, 0) is 4.79 Å². The first-order valence-corrected chi connectivity index (χ1v) is 5.39. The zero-order chi connectivity index (χ0) is 11.4. The minimum Gasteiger partial charge on any atom is -0.394 e. The second kappa shape index (κ2) is 5.44. The Kier molecular flexibility index (Phi) is 4.50. The fourth-order valence-corrected chi connectivity index (χ4v) is 1.90. The van der Waals surface area contributed by atoms with Crippen molar-refractivity contribution >= 4 is 5.91 Å². The van der Waals surface area contributed by atoms with Crippen LogP contribution in [0.2, 0.25) is 0 Å². The van der Waals surface area contributed by atoms with Crippen LogP contribution in [0.15, 0.2) is 0 Å². The van der Waals surface area contributed by atoms with Crippen LogP contribution < -0.4 is 11.1 Å². The number of nitrogens with one attached hydrogen (secondary N) is 1. The van der Waals surface area contributed by atoms with E-state index in [9.17, 15) is 9.90 Å². The van der Waals surface area contributed by atoms with Crippen LogP contribution in [0.25, 0.3) is 0 Å². The molecule has 4 atom stereocenters. The fourth-order valence-electron chi connectivity index (χ4n) is 1.90. The molecule has 0 saturated heterocycles. The zero-order valence-electron chi connectivity index (χ0n) is 9.02. The van der Waals surface area contributed by atoms with Gasteiger partial charge >= 0.3 is 0 Å². The highest BCUT2D eigenvalue weighted by atomic mass is 16.3. The second-order valence-electron chi connectivity index (χ2n) is 4.35. The van der Waals surface area contributed by atoms with E-state index in [2.05, 4.69) is 5.32 Å². The second-order valence-corrected chi connectivity index (χ2v) is 4.35. The molecule has 0 aromatic rings. The Morgan fingerprint density at radius 1 is 1.60 bits per heavy atom. The highest BCUT2D eigenvalue weighted by Gasteiger charge is 2.27. The van der Waals surface area contributed by atoms with Crippen molar-refractivity contribution in [2.24, 2.45) is 11.7 Å². The lowest BCUT2D eigenvalue weighted by atomic mass is 9.84. The predicted octanol–water partition coefficient (Wildman–Crippen LogP) is -1.03. The van der Waals surface area contributed by atoms with E-state index in [4.69, 9.17) is 10.8 Å². The molecule has 5 nitrogen and oxygen atoms in total. The monoisotopic (exact) mass is 216 g/mol. The Bertz CT molecular complexity index is 223. The van der Waals surface area contributed by atoms with Crippen LogP contribution in [0.5, 0.6) is 0 Å². The molecule has 0 spiro atoms. The fraction of sp³-hybridized carbons (Fsp3) is 0.900. The van der Waals surface area contributed by atoms with Gasteiger partial charge in [0.15, 0.2) is 0 Å². The smallest absolute Gasteiger partial charge is 0.239 e. The molecule has 1 unspecified atom stereocenters. The van der Waals surface area contributed by atoms with Crippen molar-refractivity contribution < 1.29 is 15.0 Å². The Hall–Kier alpha value is -0.650. The van der Waals surface area contributed by atoms with Crippen molar-refractivity contribution in [2.75, 3.05) is 6.61 Å². The largest absolute Gasteiger partial charge is 0.394 e. The molecule has 88 valence electrons. The number of amides is 1. The van der Waals surface area contributed by atoms with Gasteiger partial charge < -0.3 is 21.3 Å². The van der Waals surface area contributed by atoms with Gasteiger partial charge in [0.05, 0.1) is 12.7 Å². The summed E-state index contributed by atoms with van der Waals surface area (Å²) in [7, 11) is 0. The topological polar surface area (TPSA) is 95.6 Å². The average Bonchev–Trinajstić information content (AvgIpc) is 2.22. The molecular weight excluding hydrogens is 196 g/mol. The van der Waals surface area contributed by atoms with E-state index in [1.165, 1.54) is 0 Å². The van der Waals surface area contributed by atoms with Crippen LogP contribution in [0, 0.1) is 5.92 Å². The average molecular weight is 216 g/mol. The number of carbonyl (C=O) groups is 1. The molecular formula is C10H20N2O3. The number of hydrogen-bond donors (Lipinski definition) is 4. The minimum atomic E-state index is -0.841. The molecule has 5 heteroatoms. The lowest BCUT2D eigenvalue weighted by molar-refractivity contribution is -0.124. The van der Waals surface area contributed by atoms with Gasteiger partial charge in [-0.05, 0) is 25.2 Å². The van der Waals surface area contributed by atoms with Crippen LogP contribution in [-0.4, -0.2) is 40.9 Å². The number of hydrogen-bond acceptors (Lipinski definition) is 4. The van der Waals surface area contributed by atoms with Gasteiger partial charge in [0.2, 0.25) is 5.91 Å². The van der Waals surface area contributed by atoms with Crippen molar-refractivity contribution in [1.29, 1.82) is 0 Å². The summed E-state index contributed by atoms with van der Waals surface area (Å²) in [6.07, 6.45) is 1.99. The van der Waals surface area contributed by atoms with E-state index in [0.29, 0.717) is 6.42 Å². The standard InChI is InChI=1S/C10H20N2O3/c1-6-4-7(2-3-9(6)14)12-10(15)8(11)5-13/h6-9,13-14H,2-5,11H2,1H3,(H,12,15)/t6?,7-,8-,9+/m1/s1.